The Balaban J connectivity index is 1.23. The van der Waals surface area contributed by atoms with Gasteiger partial charge in [0.15, 0.2) is 0 Å². The highest BCUT2D eigenvalue weighted by Gasteiger charge is 2.33. The van der Waals surface area contributed by atoms with Gasteiger partial charge < -0.3 is 24.4 Å². The summed E-state index contributed by atoms with van der Waals surface area (Å²) in [5.74, 6) is 2.53. The molecule has 0 radical (unpaired) electrons. The molecule has 1 saturated heterocycles. The van der Waals surface area contributed by atoms with Crippen LogP contribution in [-0.2, 0) is 11.2 Å². The molecule has 0 saturated carbocycles. The average Bonchev–Trinajstić information content (AvgIpc) is 3.53. The molecule has 1 aliphatic carbocycles. The van der Waals surface area contributed by atoms with Gasteiger partial charge in [-0.05, 0) is 103 Å². The van der Waals surface area contributed by atoms with E-state index in [1.54, 1.807) is 6.07 Å². The van der Waals surface area contributed by atoms with E-state index < -0.39 is 17.7 Å². The number of rotatable bonds is 8. The fourth-order valence-electron chi connectivity index (χ4n) is 6.45. The van der Waals surface area contributed by atoms with Gasteiger partial charge in [0.25, 0.3) is 0 Å². The number of aliphatic carboxylic acids is 1. The van der Waals surface area contributed by atoms with E-state index in [9.17, 15) is 9.90 Å². The molecule has 0 amide bonds. The molecule has 2 N–H and O–H groups in total. The summed E-state index contributed by atoms with van der Waals surface area (Å²) < 4.78 is 33.4. The largest absolute Gasteiger partial charge is 0.492 e. The van der Waals surface area contributed by atoms with Gasteiger partial charge in [-0.1, -0.05) is 12.1 Å². The van der Waals surface area contributed by atoms with E-state index in [0.717, 1.165) is 63.5 Å². The van der Waals surface area contributed by atoms with Gasteiger partial charge in [-0.2, -0.15) is 11.8 Å². The molecule has 0 bridgehead atoms. The van der Waals surface area contributed by atoms with Crippen LogP contribution in [0.25, 0.3) is 11.1 Å². The minimum atomic E-state index is -0.856. The number of hydrogen-bond acceptors (Lipinski definition) is 6. The number of carbonyl (C=O) groups is 1. The minimum Gasteiger partial charge on any atom is -0.492 e. The molecule has 1 fully saturated rings. The molecular formula is C33H35FO6S. The predicted molar refractivity (Wildman–Crippen MR) is 157 cm³/mol. The van der Waals surface area contributed by atoms with E-state index in [-0.39, 0.29) is 24.8 Å². The number of carboxylic acid groups (broad SMARTS) is 1. The number of ether oxygens (including phenoxy) is 3. The lowest BCUT2D eigenvalue weighted by molar-refractivity contribution is -0.137. The summed E-state index contributed by atoms with van der Waals surface area (Å²) in [4.78, 5) is 11.2. The summed E-state index contributed by atoms with van der Waals surface area (Å²) in [6, 6.07) is 12.9. The van der Waals surface area contributed by atoms with E-state index in [1.165, 1.54) is 6.07 Å². The van der Waals surface area contributed by atoms with Gasteiger partial charge >= 0.3 is 5.97 Å². The normalized spacial score (nSPS) is 20.7. The monoisotopic (exact) mass is 578 g/mol. The van der Waals surface area contributed by atoms with Crippen LogP contribution in [0.1, 0.15) is 65.5 Å². The molecule has 0 spiro atoms. The van der Waals surface area contributed by atoms with Crippen LogP contribution in [0.2, 0.25) is 0 Å². The second-order valence-electron chi connectivity index (χ2n) is 11.5. The second kappa shape index (κ2) is 11.2. The number of hydrogen-bond donors (Lipinski definition) is 2. The Kier molecular flexibility index (Phi) is 7.64. The third kappa shape index (κ3) is 5.64. The van der Waals surface area contributed by atoms with Crippen molar-refractivity contribution >= 4 is 17.7 Å². The lowest BCUT2D eigenvalue weighted by Gasteiger charge is -2.31. The molecule has 3 aromatic rings. The van der Waals surface area contributed by atoms with Crippen LogP contribution in [0.15, 0.2) is 42.5 Å². The Bertz CT molecular complexity index is 1460. The van der Waals surface area contributed by atoms with E-state index in [1.807, 2.05) is 55.9 Å². The molecule has 6 nitrogen and oxygen atoms in total. The zero-order chi connectivity index (χ0) is 28.7. The number of halogens is 1. The van der Waals surface area contributed by atoms with Crippen molar-refractivity contribution in [1.82, 2.24) is 0 Å². The van der Waals surface area contributed by atoms with Crippen molar-refractivity contribution in [2.45, 2.75) is 63.6 Å². The van der Waals surface area contributed by atoms with E-state index >= 15 is 4.39 Å². The van der Waals surface area contributed by atoms with E-state index in [4.69, 9.17) is 19.3 Å². The maximum Gasteiger partial charge on any atom is 0.304 e. The first kappa shape index (κ1) is 27.9. The predicted octanol–water partition coefficient (Wildman–Crippen LogP) is 6.76. The molecule has 2 heterocycles. The third-order valence-corrected chi connectivity index (χ3v) is 9.54. The maximum atomic E-state index is 15.3. The number of aryl methyl sites for hydroxylation is 2. The molecule has 216 valence electrons. The maximum absolute atomic E-state index is 15.3. The molecule has 3 aromatic carbocycles. The topological polar surface area (TPSA) is 85.2 Å². The van der Waals surface area contributed by atoms with Crippen LogP contribution in [0.5, 0.6) is 17.2 Å². The van der Waals surface area contributed by atoms with Crippen molar-refractivity contribution in [1.29, 1.82) is 0 Å². The Morgan fingerprint density at radius 2 is 1.85 bits per heavy atom. The van der Waals surface area contributed by atoms with Gasteiger partial charge in [0.2, 0.25) is 0 Å². The SMILES string of the molecule is Cc1cc(OCC2(O)CCSCC2)cc(C)c1-c1ccc(F)c2c1CC[C@H]2Oc1ccc2c(c1)OCC2CC(=O)O. The van der Waals surface area contributed by atoms with E-state index in [0.29, 0.717) is 36.5 Å². The lowest BCUT2D eigenvalue weighted by atomic mass is 9.90. The Morgan fingerprint density at radius 3 is 2.59 bits per heavy atom. The van der Waals surface area contributed by atoms with Crippen LogP contribution in [-0.4, -0.2) is 46.5 Å². The highest BCUT2D eigenvalue weighted by atomic mass is 32.2. The Morgan fingerprint density at radius 1 is 1.10 bits per heavy atom. The van der Waals surface area contributed by atoms with Gasteiger partial charge in [-0.15, -0.1) is 0 Å². The first-order valence-electron chi connectivity index (χ1n) is 14.2. The summed E-state index contributed by atoms with van der Waals surface area (Å²) in [7, 11) is 0. The Labute approximate surface area is 243 Å². The standard InChI is InChI=1S/C33H35FO6S/c1-19-13-23(39-18-33(37)9-11-41-12-10-33)14-20(2)31(19)25-5-7-27(34)32-26(25)6-8-28(32)40-22-3-4-24-21(15-30(35)36)17-38-29(24)16-22/h3-5,7,13-14,16,21,28,37H,6,8-12,15,17-18H2,1-2H3,(H,35,36)/t21?,28-/m1/s1. The van der Waals surface area contributed by atoms with Crippen LogP contribution in [0.3, 0.4) is 0 Å². The number of aliphatic hydroxyl groups is 1. The van der Waals surface area contributed by atoms with Gasteiger partial charge in [0.1, 0.15) is 41.4 Å². The summed E-state index contributed by atoms with van der Waals surface area (Å²) in [6.07, 6.45) is 2.41. The van der Waals surface area contributed by atoms with E-state index in [2.05, 4.69) is 0 Å². The third-order valence-electron chi connectivity index (χ3n) is 8.55. The summed E-state index contributed by atoms with van der Waals surface area (Å²) >= 11 is 1.87. The zero-order valence-electron chi connectivity index (χ0n) is 23.4. The van der Waals surface area contributed by atoms with Crippen LogP contribution >= 0.6 is 11.8 Å². The van der Waals surface area contributed by atoms with Crippen LogP contribution in [0, 0.1) is 19.7 Å². The van der Waals surface area contributed by atoms with Crippen LogP contribution in [0.4, 0.5) is 4.39 Å². The van der Waals surface area contributed by atoms with Crippen molar-refractivity contribution in [2.75, 3.05) is 24.7 Å². The minimum absolute atomic E-state index is 0.0184. The highest BCUT2D eigenvalue weighted by Crippen LogP contribution is 2.45. The number of thioether (sulfide) groups is 1. The first-order chi connectivity index (χ1) is 19.7. The molecule has 41 heavy (non-hydrogen) atoms. The van der Waals surface area contributed by atoms with Crippen LogP contribution < -0.4 is 14.2 Å². The average molecular weight is 579 g/mol. The number of benzene rings is 3. The molecule has 1 unspecified atom stereocenters. The number of carboxylic acids is 1. The summed E-state index contributed by atoms with van der Waals surface area (Å²) in [6.45, 7) is 4.70. The van der Waals surface area contributed by atoms with Crippen molar-refractivity contribution in [3.8, 4) is 28.4 Å². The zero-order valence-corrected chi connectivity index (χ0v) is 24.2. The molecular weight excluding hydrogens is 543 g/mol. The molecule has 8 heteroatoms. The van der Waals surface area contributed by atoms with Gasteiger partial charge in [0, 0.05) is 23.1 Å². The Hall–Kier alpha value is -3.23. The van der Waals surface area contributed by atoms with Crippen molar-refractivity contribution < 1.29 is 33.6 Å². The van der Waals surface area contributed by atoms with Gasteiger partial charge in [0.05, 0.1) is 13.0 Å². The quantitative estimate of drug-likeness (QED) is 0.305. The molecule has 0 aromatic heterocycles. The molecule has 2 atom stereocenters. The summed E-state index contributed by atoms with van der Waals surface area (Å²) in [5, 5.41) is 20.0. The fourth-order valence-corrected chi connectivity index (χ4v) is 7.70. The lowest BCUT2D eigenvalue weighted by Crippen LogP contribution is -2.39. The van der Waals surface area contributed by atoms with Crippen molar-refractivity contribution in [2.24, 2.45) is 0 Å². The van der Waals surface area contributed by atoms with Gasteiger partial charge in [-0.25, -0.2) is 4.39 Å². The molecule has 2 aliphatic heterocycles. The number of fused-ring (bicyclic) bond motifs is 2. The smallest absolute Gasteiger partial charge is 0.304 e. The fraction of sp³-hybridized carbons (Fsp3) is 0.424. The van der Waals surface area contributed by atoms with Gasteiger partial charge in [-0.3, -0.25) is 4.79 Å². The second-order valence-corrected chi connectivity index (χ2v) is 12.7. The molecule has 6 rings (SSSR count). The highest BCUT2D eigenvalue weighted by molar-refractivity contribution is 7.99. The first-order valence-corrected chi connectivity index (χ1v) is 15.4. The molecule has 3 aliphatic rings. The van der Waals surface area contributed by atoms with Crippen molar-refractivity contribution in [3.63, 3.8) is 0 Å². The van der Waals surface area contributed by atoms with Crippen molar-refractivity contribution in [3.05, 3.63) is 76.1 Å². The summed E-state index contributed by atoms with van der Waals surface area (Å²) in [5.41, 5.74) is 5.79.